The summed E-state index contributed by atoms with van der Waals surface area (Å²) in [6, 6.07) is 24.2. The fourth-order valence-electron chi connectivity index (χ4n) is 3.84. The molecule has 1 amide bonds. The van der Waals surface area contributed by atoms with E-state index in [0.717, 1.165) is 39.8 Å². The Morgan fingerprint density at radius 1 is 0.968 bits per heavy atom. The van der Waals surface area contributed by atoms with Crippen LogP contribution in [0.4, 0.5) is 5.69 Å². The predicted octanol–water partition coefficient (Wildman–Crippen LogP) is 7.28. The van der Waals surface area contributed by atoms with Crippen LogP contribution >= 0.6 is 0 Å². The number of nitrogens with one attached hydrogen (secondary N) is 1. The van der Waals surface area contributed by atoms with E-state index in [-0.39, 0.29) is 5.91 Å². The van der Waals surface area contributed by atoms with Gasteiger partial charge in [-0.1, -0.05) is 61.9 Å². The third-order valence-electron chi connectivity index (χ3n) is 5.98. The van der Waals surface area contributed by atoms with Crippen LogP contribution in [0.25, 0.3) is 22.2 Å². The van der Waals surface area contributed by atoms with Gasteiger partial charge in [-0.15, -0.1) is 0 Å². The van der Waals surface area contributed by atoms with E-state index in [1.807, 2.05) is 42.5 Å². The van der Waals surface area contributed by atoms with E-state index in [9.17, 15) is 4.79 Å². The smallest absolute Gasteiger partial charge is 0.256 e. The first kappa shape index (κ1) is 20.8. The van der Waals surface area contributed by atoms with Gasteiger partial charge in [0.15, 0.2) is 0 Å². The maximum absolute atomic E-state index is 13.3. The van der Waals surface area contributed by atoms with Crippen LogP contribution < -0.4 is 5.32 Å². The molecule has 4 aromatic rings. The van der Waals surface area contributed by atoms with Gasteiger partial charge in [0.05, 0.1) is 16.8 Å². The monoisotopic (exact) mass is 408 g/mol. The second kappa shape index (κ2) is 8.73. The van der Waals surface area contributed by atoms with Crippen LogP contribution in [0.5, 0.6) is 0 Å². The molecule has 3 heteroatoms. The summed E-state index contributed by atoms with van der Waals surface area (Å²) in [5.74, 6) is 0.385. The number of aromatic nitrogens is 1. The normalized spacial score (nSPS) is 12.0. The molecular formula is C28H28N2O. The number of pyridine rings is 1. The minimum Gasteiger partial charge on any atom is -0.322 e. The van der Waals surface area contributed by atoms with Crippen LogP contribution in [0.1, 0.15) is 53.2 Å². The Morgan fingerprint density at radius 3 is 2.45 bits per heavy atom. The Labute approximate surface area is 184 Å². The standard InChI is InChI=1S/C28H28N2O/c1-5-19(3)21-12-14-22(15-13-21)29-28(31)25-17-27(24-16-18(2)10-11-20(24)4)30-26-9-7-6-8-23(25)26/h6-17,19H,5H2,1-4H3,(H,29,31). The molecule has 1 unspecified atom stereocenters. The zero-order valence-electron chi connectivity index (χ0n) is 18.6. The van der Waals surface area contributed by atoms with E-state index >= 15 is 0 Å². The summed E-state index contributed by atoms with van der Waals surface area (Å²) in [5, 5.41) is 3.92. The average molecular weight is 409 g/mol. The zero-order valence-corrected chi connectivity index (χ0v) is 18.6. The van der Waals surface area contributed by atoms with Gasteiger partial charge in [0.1, 0.15) is 0 Å². The molecule has 0 saturated carbocycles. The van der Waals surface area contributed by atoms with Crippen LogP contribution in [-0.2, 0) is 0 Å². The van der Waals surface area contributed by atoms with Crippen molar-refractivity contribution in [2.45, 2.75) is 40.0 Å². The zero-order chi connectivity index (χ0) is 22.0. The molecule has 0 fully saturated rings. The Kier molecular flexibility index (Phi) is 5.85. The maximum atomic E-state index is 13.3. The van der Waals surface area contributed by atoms with Gasteiger partial charge in [0.2, 0.25) is 0 Å². The summed E-state index contributed by atoms with van der Waals surface area (Å²) < 4.78 is 0. The van der Waals surface area contributed by atoms with Crippen molar-refractivity contribution >= 4 is 22.5 Å². The summed E-state index contributed by atoms with van der Waals surface area (Å²) >= 11 is 0. The molecule has 1 N–H and O–H groups in total. The number of carbonyl (C=O) groups excluding carboxylic acids is 1. The highest BCUT2D eigenvalue weighted by Crippen LogP contribution is 2.29. The van der Waals surface area contributed by atoms with Crippen LogP contribution in [-0.4, -0.2) is 10.9 Å². The molecule has 1 heterocycles. The molecule has 156 valence electrons. The van der Waals surface area contributed by atoms with Gasteiger partial charge in [0, 0.05) is 16.6 Å². The molecule has 3 nitrogen and oxygen atoms in total. The predicted molar refractivity (Wildman–Crippen MR) is 130 cm³/mol. The van der Waals surface area contributed by atoms with E-state index < -0.39 is 0 Å². The van der Waals surface area contributed by atoms with Crippen LogP contribution in [0.3, 0.4) is 0 Å². The molecule has 1 atom stereocenters. The van der Waals surface area contributed by atoms with Gasteiger partial charge in [-0.3, -0.25) is 4.79 Å². The van der Waals surface area contributed by atoms with E-state index in [1.165, 1.54) is 11.1 Å². The van der Waals surface area contributed by atoms with Crippen molar-refractivity contribution in [1.29, 1.82) is 0 Å². The lowest BCUT2D eigenvalue weighted by atomic mass is 9.98. The molecule has 0 aliphatic heterocycles. The van der Waals surface area contributed by atoms with Gasteiger partial charge in [-0.05, 0) is 67.6 Å². The van der Waals surface area contributed by atoms with E-state index in [4.69, 9.17) is 4.98 Å². The first-order valence-electron chi connectivity index (χ1n) is 10.8. The molecule has 3 aromatic carbocycles. The van der Waals surface area contributed by atoms with Crippen molar-refractivity contribution in [2.75, 3.05) is 5.32 Å². The largest absolute Gasteiger partial charge is 0.322 e. The lowest BCUT2D eigenvalue weighted by molar-refractivity contribution is 0.102. The van der Waals surface area contributed by atoms with Gasteiger partial charge >= 0.3 is 0 Å². The Morgan fingerprint density at radius 2 is 1.71 bits per heavy atom. The van der Waals surface area contributed by atoms with Gasteiger partial charge in [-0.25, -0.2) is 4.98 Å². The second-order valence-corrected chi connectivity index (χ2v) is 8.28. The maximum Gasteiger partial charge on any atom is 0.256 e. The number of anilines is 1. The fraction of sp³-hybridized carbons (Fsp3) is 0.214. The lowest BCUT2D eigenvalue weighted by Gasteiger charge is -2.13. The highest BCUT2D eigenvalue weighted by atomic mass is 16.1. The molecule has 0 bridgehead atoms. The Hall–Kier alpha value is -3.46. The number of hydrogen-bond donors (Lipinski definition) is 1. The Bertz CT molecular complexity index is 1240. The van der Waals surface area contributed by atoms with E-state index in [0.29, 0.717) is 11.5 Å². The van der Waals surface area contributed by atoms with Crippen molar-refractivity contribution in [3.05, 3.63) is 95.1 Å². The molecule has 0 aliphatic carbocycles. The molecule has 0 saturated heterocycles. The number of hydrogen-bond acceptors (Lipinski definition) is 2. The highest BCUT2D eigenvalue weighted by molar-refractivity contribution is 6.13. The van der Waals surface area contributed by atoms with Gasteiger partial charge in [0.25, 0.3) is 5.91 Å². The number of fused-ring (bicyclic) bond motifs is 1. The minimum atomic E-state index is -0.124. The molecule has 1 aromatic heterocycles. The van der Waals surface area contributed by atoms with Crippen molar-refractivity contribution in [3.8, 4) is 11.3 Å². The average Bonchev–Trinajstić information content (AvgIpc) is 2.79. The SMILES string of the molecule is CCC(C)c1ccc(NC(=O)c2cc(-c3cc(C)ccc3C)nc3ccccc23)cc1. The van der Waals surface area contributed by atoms with Crippen LogP contribution in [0.2, 0.25) is 0 Å². The van der Waals surface area contributed by atoms with Crippen molar-refractivity contribution in [3.63, 3.8) is 0 Å². The third kappa shape index (κ3) is 4.36. The van der Waals surface area contributed by atoms with Crippen molar-refractivity contribution < 1.29 is 4.79 Å². The number of amides is 1. The molecule has 0 aliphatic rings. The number of aryl methyl sites for hydroxylation is 2. The first-order valence-corrected chi connectivity index (χ1v) is 10.8. The minimum absolute atomic E-state index is 0.124. The number of benzene rings is 3. The second-order valence-electron chi connectivity index (χ2n) is 8.28. The summed E-state index contributed by atoms with van der Waals surface area (Å²) in [6.45, 7) is 8.54. The summed E-state index contributed by atoms with van der Waals surface area (Å²) in [7, 11) is 0. The first-order chi connectivity index (χ1) is 15.0. The van der Waals surface area contributed by atoms with Crippen LogP contribution in [0, 0.1) is 13.8 Å². The molecular weight excluding hydrogens is 380 g/mol. The number of nitrogens with zero attached hydrogens (tertiary/aromatic N) is 1. The molecule has 31 heavy (non-hydrogen) atoms. The molecule has 0 spiro atoms. The summed E-state index contributed by atoms with van der Waals surface area (Å²) in [4.78, 5) is 18.2. The fourth-order valence-corrected chi connectivity index (χ4v) is 3.84. The lowest BCUT2D eigenvalue weighted by Crippen LogP contribution is -2.13. The van der Waals surface area contributed by atoms with Gasteiger partial charge < -0.3 is 5.32 Å². The number of para-hydroxylation sites is 1. The number of carbonyl (C=O) groups is 1. The quantitative estimate of drug-likeness (QED) is 0.377. The van der Waals surface area contributed by atoms with Crippen LogP contribution in [0.15, 0.2) is 72.8 Å². The topological polar surface area (TPSA) is 42.0 Å². The summed E-state index contributed by atoms with van der Waals surface area (Å²) in [5.41, 5.74) is 7.71. The van der Waals surface area contributed by atoms with Crippen molar-refractivity contribution in [2.24, 2.45) is 0 Å². The van der Waals surface area contributed by atoms with E-state index in [1.54, 1.807) is 0 Å². The highest BCUT2D eigenvalue weighted by Gasteiger charge is 2.15. The van der Waals surface area contributed by atoms with Gasteiger partial charge in [-0.2, -0.15) is 0 Å². The third-order valence-corrected chi connectivity index (χ3v) is 5.98. The summed E-state index contributed by atoms with van der Waals surface area (Å²) in [6.07, 6.45) is 1.09. The van der Waals surface area contributed by atoms with E-state index in [2.05, 4.69) is 63.3 Å². The van der Waals surface area contributed by atoms with Crippen molar-refractivity contribution in [1.82, 2.24) is 4.98 Å². The Balaban J connectivity index is 1.74. The number of rotatable bonds is 5. The molecule has 0 radical (unpaired) electrons. The molecule has 4 rings (SSSR count).